The van der Waals surface area contributed by atoms with Gasteiger partial charge >= 0.3 is 0 Å². The van der Waals surface area contributed by atoms with Crippen LogP contribution in [0.3, 0.4) is 0 Å². The van der Waals surface area contributed by atoms with Crippen molar-refractivity contribution in [3.63, 3.8) is 0 Å². The lowest BCUT2D eigenvalue weighted by Gasteiger charge is -2.26. The van der Waals surface area contributed by atoms with Gasteiger partial charge in [0.05, 0.1) is 6.16 Å². The van der Waals surface area contributed by atoms with E-state index in [2.05, 4.69) is 97.9 Å². The van der Waals surface area contributed by atoms with Crippen molar-refractivity contribution in [1.82, 2.24) is 0 Å². The molecule has 0 nitrogen and oxygen atoms in total. The van der Waals surface area contributed by atoms with Crippen molar-refractivity contribution in [2.45, 2.75) is 6.92 Å². The van der Waals surface area contributed by atoms with Crippen molar-refractivity contribution in [2.24, 2.45) is 0 Å². The van der Waals surface area contributed by atoms with Crippen LogP contribution < -0.4 is 15.9 Å². The fraction of sp³-hybridized carbons (Fsp3) is 0.100. The molecule has 0 radical (unpaired) electrons. The molecule has 0 N–H and O–H groups in total. The van der Waals surface area contributed by atoms with Crippen LogP contribution in [0.15, 0.2) is 91.0 Å². The molecule has 112 valence electrons. The van der Waals surface area contributed by atoms with Crippen LogP contribution in [0.25, 0.3) is 0 Å². The maximum atomic E-state index is 2.32. The van der Waals surface area contributed by atoms with Crippen LogP contribution in [0, 0.1) is 0 Å². The Kier molecular flexibility index (Phi) is 6.16. The highest BCUT2D eigenvalue weighted by Crippen LogP contribution is 2.54. The molecule has 0 heterocycles. The first kappa shape index (κ1) is 17.2. The normalized spacial score (nSPS) is 10.8. The molecule has 0 amide bonds. The predicted molar refractivity (Wildman–Crippen MR) is 111 cm³/mol. The molecule has 3 aromatic carbocycles. The van der Waals surface area contributed by atoms with E-state index in [1.165, 1.54) is 15.9 Å². The maximum Gasteiger partial charge on any atom is 0.111 e. The van der Waals surface area contributed by atoms with Crippen LogP contribution in [0.1, 0.15) is 6.92 Å². The Morgan fingerprint density at radius 2 is 0.818 bits per heavy atom. The summed E-state index contributed by atoms with van der Waals surface area (Å²) < 4.78 is 0. The van der Waals surface area contributed by atoms with Gasteiger partial charge in [0.2, 0.25) is 0 Å². The molecule has 0 spiro atoms. The predicted octanol–water partition coefficient (Wildman–Crippen LogP) is 4.62. The van der Waals surface area contributed by atoms with Gasteiger partial charge in [-0.25, -0.2) is 0 Å². The first-order valence-electron chi connectivity index (χ1n) is 7.43. The highest BCUT2D eigenvalue weighted by molar-refractivity contribution is 14.0. The lowest BCUT2D eigenvalue weighted by molar-refractivity contribution is 1.48. The largest absolute Gasteiger partial charge is 0.111 e. The lowest BCUT2D eigenvalue weighted by atomic mass is 10.4. The van der Waals surface area contributed by atoms with Crippen molar-refractivity contribution in [2.75, 3.05) is 6.16 Å². The highest BCUT2D eigenvalue weighted by Gasteiger charge is 2.43. The summed E-state index contributed by atoms with van der Waals surface area (Å²) in [5.41, 5.74) is 0. The molecular weight excluding hydrogens is 398 g/mol. The molecule has 2 heteroatoms. The standard InChI is InChI=1S/C20H20P.HI/c1-2-21(18-12-6-3-7-13-18,19-14-8-4-9-15-19)20-16-10-5-11-17-20;/h3-17H,2H2,1H3;1H/q+1;. The van der Waals surface area contributed by atoms with Crippen LogP contribution in [0.4, 0.5) is 0 Å². The summed E-state index contributed by atoms with van der Waals surface area (Å²) in [7, 11) is -1.53. The second-order valence-corrected chi connectivity index (χ2v) is 8.93. The Hall–Kier alpha value is -1.18. The van der Waals surface area contributed by atoms with Gasteiger partial charge in [0.25, 0.3) is 0 Å². The zero-order valence-corrected chi connectivity index (χ0v) is 15.9. The average Bonchev–Trinajstić information content (AvgIpc) is 2.59. The lowest BCUT2D eigenvalue weighted by Crippen LogP contribution is -2.32. The molecular formula is C20H21IP+. The number of hydrogen-bond donors (Lipinski definition) is 0. The van der Waals surface area contributed by atoms with Crippen LogP contribution in [-0.2, 0) is 0 Å². The monoisotopic (exact) mass is 419 g/mol. The summed E-state index contributed by atoms with van der Waals surface area (Å²) in [6, 6.07) is 33.0. The molecule has 0 atom stereocenters. The Bertz CT molecular complexity index is 584. The molecule has 0 saturated carbocycles. The minimum absolute atomic E-state index is 0. The van der Waals surface area contributed by atoms with Crippen LogP contribution in [-0.4, -0.2) is 6.16 Å². The summed E-state index contributed by atoms with van der Waals surface area (Å²) in [5, 5.41) is 4.39. The Balaban J connectivity index is 0.00000176. The SMILES string of the molecule is CC[P+](c1ccccc1)(c1ccccc1)c1ccccc1.I. The topological polar surface area (TPSA) is 0 Å². The molecule has 3 aromatic rings. The molecule has 0 unspecified atom stereocenters. The van der Waals surface area contributed by atoms with Gasteiger partial charge in [0.15, 0.2) is 0 Å². The van der Waals surface area contributed by atoms with Crippen LogP contribution in [0.5, 0.6) is 0 Å². The molecule has 0 aliphatic carbocycles. The fourth-order valence-electron chi connectivity index (χ4n) is 3.04. The molecule has 0 bridgehead atoms. The minimum atomic E-state index is -1.53. The maximum absolute atomic E-state index is 2.32. The summed E-state index contributed by atoms with van der Waals surface area (Å²) in [4.78, 5) is 0. The summed E-state index contributed by atoms with van der Waals surface area (Å²) in [6.07, 6.45) is 1.14. The fourth-order valence-corrected chi connectivity index (χ4v) is 7.08. The smallest absolute Gasteiger partial charge is 0.107 e. The average molecular weight is 419 g/mol. The van der Waals surface area contributed by atoms with E-state index in [-0.39, 0.29) is 24.0 Å². The zero-order valence-electron chi connectivity index (χ0n) is 12.7. The van der Waals surface area contributed by atoms with Crippen LogP contribution in [0.2, 0.25) is 0 Å². The van der Waals surface area contributed by atoms with Crippen molar-refractivity contribution in [3.05, 3.63) is 91.0 Å². The van der Waals surface area contributed by atoms with E-state index in [9.17, 15) is 0 Å². The molecule has 0 saturated heterocycles. The van der Waals surface area contributed by atoms with E-state index in [1.807, 2.05) is 0 Å². The molecule has 3 rings (SSSR count). The van der Waals surface area contributed by atoms with Gasteiger partial charge in [-0.3, -0.25) is 0 Å². The van der Waals surface area contributed by atoms with Gasteiger partial charge in [0, 0.05) is 0 Å². The first-order valence-corrected chi connectivity index (χ1v) is 9.40. The van der Waals surface area contributed by atoms with E-state index >= 15 is 0 Å². The second-order valence-electron chi connectivity index (χ2n) is 5.13. The minimum Gasteiger partial charge on any atom is -0.107 e. The van der Waals surface area contributed by atoms with Gasteiger partial charge in [-0.05, 0) is 43.3 Å². The van der Waals surface area contributed by atoms with E-state index in [0.717, 1.165) is 6.16 Å². The Morgan fingerprint density at radius 1 is 0.545 bits per heavy atom. The Labute approximate surface area is 151 Å². The Morgan fingerprint density at radius 3 is 1.05 bits per heavy atom. The van der Waals surface area contributed by atoms with Gasteiger partial charge < -0.3 is 0 Å². The molecule has 0 aliphatic heterocycles. The third-order valence-corrected chi connectivity index (χ3v) is 8.55. The zero-order chi connectivity index (χ0) is 14.5. The third-order valence-electron chi connectivity index (χ3n) is 4.07. The third kappa shape index (κ3) is 3.11. The van der Waals surface area contributed by atoms with E-state index < -0.39 is 7.26 Å². The van der Waals surface area contributed by atoms with Crippen molar-refractivity contribution >= 4 is 47.2 Å². The first-order chi connectivity index (χ1) is 10.4. The van der Waals surface area contributed by atoms with Crippen LogP contribution >= 0.6 is 31.2 Å². The second kappa shape index (κ2) is 7.89. The number of rotatable bonds is 4. The van der Waals surface area contributed by atoms with Crippen molar-refractivity contribution in [3.8, 4) is 0 Å². The van der Waals surface area contributed by atoms with E-state index in [4.69, 9.17) is 0 Å². The van der Waals surface area contributed by atoms with Gasteiger partial charge in [-0.1, -0.05) is 54.6 Å². The van der Waals surface area contributed by atoms with Crippen molar-refractivity contribution < 1.29 is 0 Å². The summed E-state index contributed by atoms with van der Waals surface area (Å²) in [6.45, 7) is 2.32. The molecule has 0 aliphatic rings. The molecule has 22 heavy (non-hydrogen) atoms. The van der Waals surface area contributed by atoms with Gasteiger partial charge in [-0.2, -0.15) is 0 Å². The van der Waals surface area contributed by atoms with Gasteiger partial charge in [-0.15, -0.1) is 24.0 Å². The summed E-state index contributed by atoms with van der Waals surface area (Å²) >= 11 is 0. The number of halogens is 1. The van der Waals surface area contributed by atoms with E-state index in [0.29, 0.717) is 0 Å². The number of benzene rings is 3. The number of hydrogen-bond acceptors (Lipinski definition) is 0. The highest BCUT2D eigenvalue weighted by atomic mass is 127. The summed E-state index contributed by atoms with van der Waals surface area (Å²) in [5.74, 6) is 0. The molecule has 0 fully saturated rings. The van der Waals surface area contributed by atoms with Crippen molar-refractivity contribution in [1.29, 1.82) is 0 Å². The molecule has 0 aromatic heterocycles. The quantitative estimate of drug-likeness (QED) is 0.428. The van der Waals surface area contributed by atoms with Gasteiger partial charge in [0.1, 0.15) is 23.2 Å². The van der Waals surface area contributed by atoms with E-state index in [1.54, 1.807) is 0 Å².